The molecule has 15 heavy (non-hydrogen) atoms. The second-order valence-electron chi connectivity index (χ2n) is 3.32. The number of aryl methyl sites for hydroxylation is 1. The zero-order chi connectivity index (χ0) is 10.1. The first-order valence-corrected chi connectivity index (χ1v) is 4.41. The molecule has 2 nitrogen and oxygen atoms in total. The van der Waals surface area contributed by atoms with Gasteiger partial charge in [0.25, 0.3) is 0 Å². The van der Waals surface area contributed by atoms with Gasteiger partial charge in [-0.05, 0) is 35.4 Å². The summed E-state index contributed by atoms with van der Waals surface area (Å²) in [6.07, 6.45) is 0. The van der Waals surface area contributed by atoms with Crippen molar-refractivity contribution in [2.75, 3.05) is 0 Å². The molecule has 0 saturated carbocycles. The number of carboxylic acid groups (broad SMARTS) is 1. The maximum absolute atomic E-state index is 10.8. The molecule has 2 rings (SSSR count). The zero-order valence-corrected chi connectivity index (χ0v) is 7.82. The normalized spacial score (nSPS) is 9.67. The van der Waals surface area contributed by atoms with Crippen LogP contribution in [0, 0.1) is 6.92 Å². The van der Waals surface area contributed by atoms with Gasteiger partial charge in [0.1, 0.15) is 0 Å². The van der Waals surface area contributed by atoms with E-state index in [1.54, 1.807) is 12.1 Å². The average molecular weight is 259 g/mol. The molecule has 2 aromatic rings. The summed E-state index contributed by atoms with van der Waals surface area (Å²) in [6, 6.07) is 11.2. The number of carboxylic acids is 1. The van der Waals surface area contributed by atoms with Gasteiger partial charge in [0.2, 0.25) is 0 Å². The van der Waals surface area contributed by atoms with Crippen molar-refractivity contribution in [2.45, 2.75) is 6.92 Å². The molecule has 76 valence electrons. The molecule has 0 bridgehead atoms. The molecule has 0 fully saturated rings. The van der Waals surface area contributed by atoms with E-state index in [2.05, 4.69) is 0 Å². The predicted octanol–water partition coefficient (Wildman–Crippen LogP) is 1.66. The molecule has 0 aliphatic rings. The van der Waals surface area contributed by atoms with Crippen LogP contribution in [-0.2, 0) is 0 Å². The zero-order valence-electron chi connectivity index (χ0n) is 7.82. The van der Waals surface area contributed by atoms with E-state index in [1.807, 2.05) is 31.2 Å². The van der Waals surface area contributed by atoms with Crippen LogP contribution in [-0.4, -0.2) is 30.9 Å². The minimum absolute atomic E-state index is 0. The summed E-state index contributed by atoms with van der Waals surface area (Å²) >= 11 is 0. The monoisotopic (exact) mass is 258 g/mol. The maximum atomic E-state index is 10.8. The Balaban J connectivity index is 0.00000112. The number of fused-ring (bicyclic) bond motifs is 1. The van der Waals surface area contributed by atoms with Crippen molar-refractivity contribution < 1.29 is 9.90 Å². The average Bonchev–Trinajstić information content (AvgIpc) is 2.17. The molecule has 0 aliphatic carbocycles. The van der Waals surface area contributed by atoms with Gasteiger partial charge < -0.3 is 5.11 Å². The quantitative estimate of drug-likeness (QED) is 0.791. The van der Waals surface area contributed by atoms with E-state index in [4.69, 9.17) is 5.11 Å². The van der Waals surface area contributed by atoms with Crippen molar-refractivity contribution in [3.63, 3.8) is 0 Å². The summed E-state index contributed by atoms with van der Waals surface area (Å²) < 4.78 is 0. The third-order valence-electron chi connectivity index (χ3n) is 2.32. The molecule has 0 atom stereocenters. The Bertz CT molecular complexity index is 506. The number of hydrogen-bond donors (Lipinski definition) is 1. The van der Waals surface area contributed by atoms with Crippen molar-refractivity contribution in [1.29, 1.82) is 0 Å². The van der Waals surface area contributed by atoms with E-state index in [9.17, 15) is 4.79 Å². The number of hydrogen-bond acceptors (Lipinski definition) is 1. The molecule has 0 saturated heterocycles. The van der Waals surface area contributed by atoms with Crippen LogP contribution in [0.1, 0.15) is 15.9 Å². The fraction of sp³-hybridized carbons (Fsp3) is 0.0833. The summed E-state index contributed by atoms with van der Waals surface area (Å²) in [6.45, 7) is 1.93. The molecular weight excluding hydrogens is 246 g/mol. The van der Waals surface area contributed by atoms with E-state index in [0.29, 0.717) is 5.56 Å². The molecule has 0 aromatic heterocycles. The van der Waals surface area contributed by atoms with E-state index < -0.39 is 5.97 Å². The Kier molecular flexibility index (Phi) is 3.60. The summed E-state index contributed by atoms with van der Waals surface area (Å²) in [7, 11) is 0. The first-order chi connectivity index (χ1) is 6.68. The van der Waals surface area contributed by atoms with Gasteiger partial charge >= 0.3 is 25.8 Å². The molecular formula is C12H13GaO2. The van der Waals surface area contributed by atoms with Gasteiger partial charge in [0.15, 0.2) is 0 Å². The van der Waals surface area contributed by atoms with Crippen molar-refractivity contribution >= 4 is 36.5 Å². The number of benzene rings is 2. The van der Waals surface area contributed by atoms with E-state index >= 15 is 0 Å². The standard InChI is InChI=1S/C12H10O2.Ga.3H/c1-8-6-10(12(13)14)7-9-4-2-3-5-11(8)9;;;;/h2-7H,1H3,(H,13,14);;;;. The molecule has 2 aromatic carbocycles. The SMILES string of the molecule is Cc1cc(C(=O)O)cc2ccccc12.[GaH3]. The molecule has 3 heteroatoms. The molecule has 0 aliphatic heterocycles. The number of rotatable bonds is 1. The van der Waals surface area contributed by atoms with Gasteiger partial charge in [-0.15, -0.1) is 0 Å². The third kappa shape index (κ3) is 2.25. The van der Waals surface area contributed by atoms with Crippen molar-refractivity contribution in [3.8, 4) is 0 Å². The summed E-state index contributed by atoms with van der Waals surface area (Å²) in [5.41, 5.74) is 1.35. The van der Waals surface area contributed by atoms with Crippen LogP contribution >= 0.6 is 0 Å². The van der Waals surface area contributed by atoms with Crippen LogP contribution in [0.2, 0.25) is 0 Å². The van der Waals surface area contributed by atoms with Gasteiger partial charge in [0, 0.05) is 0 Å². The molecule has 0 heterocycles. The number of aromatic carboxylic acids is 1. The second kappa shape index (κ2) is 4.55. The molecule has 1 N–H and O–H groups in total. The van der Waals surface area contributed by atoms with Crippen molar-refractivity contribution in [2.24, 2.45) is 0 Å². The van der Waals surface area contributed by atoms with Gasteiger partial charge in [-0.1, -0.05) is 24.3 Å². The minimum atomic E-state index is -0.876. The van der Waals surface area contributed by atoms with Crippen LogP contribution in [0.25, 0.3) is 10.8 Å². The fourth-order valence-corrected chi connectivity index (χ4v) is 1.63. The Morgan fingerprint density at radius 3 is 2.53 bits per heavy atom. The number of carbonyl (C=O) groups is 1. The first kappa shape index (κ1) is 11.9. The fourth-order valence-electron chi connectivity index (χ4n) is 1.63. The van der Waals surface area contributed by atoms with Crippen LogP contribution in [0.3, 0.4) is 0 Å². The Hall–Kier alpha value is -1.19. The van der Waals surface area contributed by atoms with Gasteiger partial charge in [0.05, 0.1) is 5.56 Å². The topological polar surface area (TPSA) is 37.3 Å². The predicted molar refractivity (Wildman–Crippen MR) is 65.6 cm³/mol. The summed E-state index contributed by atoms with van der Waals surface area (Å²) in [4.78, 5) is 10.8. The third-order valence-corrected chi connectivity index (χ3v) is 2.32. The summed E-state index contributed by atoms with van der Waals surface area (Å²) in [5, 5.41) is 11.0. The molecule has 0 unspecified atom stereocenters. The van der Waals surface area contributed by atoms with Gasteiger partial charge in [-0.3, -0.25) is 0 Å². The van der Waals surface area contributed by atoms with Gasteiger partial charge in [-0.2, -0.15) is 0 Å². The van der Waals surface area contributed by atoms with Crippen molar-refractivity contribution in [3.05, 3.63) is 47.5 Å². The summed E-state index contributed by atoms with van der Waals surface area (Å²) in [5.74, 6) is -0.876. The van der Waals surface area contributed by atoms with Crippen LogP contribution < -0.4 is 0 Å². The second-order valence-corrected chi connectivity index (χ2v) is 3.32. The van der Waals surface area contributed by atoms with E-state index in [-0.39, 0.29) is 19.8 Å². The molecule has 0 radical (unpaired) electrons. The van der Waals surface area contributed by atoms with Crippen molar-refractivity contribution in [1.82, 2.24) is 0 Å². The molecule has 0 amide bonds. The van der Waals surface area contributed by atoms with E-state index in [0.717, 1.165) is 16.3 Å². The first-order valence-electron chi connectivity index (χ1n) is 4.41. The van der Waals surface area contributed by atoms with Crippen LogP contribution in [0.15, 0.2) is 36.4 Å². The Morgan fingerprint density at radius 2 is 1.87 bits per heavy atom. The Labute approximate surface area is 101 Å². The van der Waals surface area contributed by atoms with Gasteiger partial charge in [-0.25, -0.2) is 4.79 Å². The van der Waals surface area contributed by atoms with E-state index in [1.165, 1.54) is 0 Å². The molecule has 0 spiro atoms. The Morgan fingerprint density at radius 1 is 1.20 bits per heavy atom. The van der Waals surface area contributed by atoms with Crippen LogP contribution in [0.5, 0.6) is 0 Å². The van der Waals surface area contributed by atoms with Crippen LogP contribution in [0.4, 0.5) is 0 Å².